The molecule has 2 bridgehead atoms. The Labute approximate surface area is 161 Å². The summed E-state index contributed by atoms with van der Waals surface area (Å²) in [4.78, 5) is 12.0. The van der Waals surface area contributed by atoms with Gasteiger partial charge in [0.15, 0.2) is 0 Å². The van der Waals surface area contributed by atoms with Crippen molar-refractivity contribution in [1.29, 1.82) is 0 Å². The van der Waals surface area contributed by atoms with E-state index in [9.17, 15) is 23.8 Å². The topological polar surface area (TPSA) is 66.8 Å². The molecule has 8 heteroatoms. The highest BCUT2D eigenvalue weighted by molar-refractivity contribution is 8.19. The average Bonchev–Trinajstić information content (AvgIpc) is 2.57. The van der Waals surface area contributed by atoms with Crippen molar-refractivity contribution >= 4 is 29.5 Å². The van der Waals surface area contributed by atoms with E-state index in [1.165, 1.54) is 0 Å². The molecule has 2 N–H and O–H groups in total. The number of carbonyl (C=O) groups excluding carboxylic acids is 1. The Balaban J connectivity index is 1.93. The van der Waals surface area contributed by atoms with Crippen molar-refractivity contribution < 1.29 is 28.5 Å². The van der Waals surface area contributed by atoms with Gasteiger partial charge in [0.25, 0.3) is 0 Å². The standard InChI is InChI=1S/C18H28F2O4S2/c1-14(2)11-5-12(14)18(25-9-17(7-21,8-22)10-26-18)15(3,6-11)24-13(23)16(4,19)20/h11-12,21-22H,5-10H2,1-4H3. The molecule has 0 amide bonds. The molecule has 4 aliphatic rings. The Morgan fingerprint density at radius 2 is 1.73 bits per heavy atom. The second-order valence-electron chi connectivity index (χ2n) is 9.08. The number of alkyl halides is 2. The number of aliphatic hydroxyl groups is 2. The number of carbonyl (C=O) groups is 1. The molecule has 4 rings (SSSR count). The molecule has 1 saturated heterocycles. The summed E-state index contributed by atoms with van der Waals surface area (Å²) in [6.07, 6.45) is 1.55. The Bertz CT molecular complexity index is 578. The van der Waals surface area contributed by atoms with E-state index in [-0.39, 0.29) is 24.5 Å². The Kier molecular flexibility index (Phi) is 4.95. The molecule has 150 valence electrons. The van der Waals surface area contributed by atoms with Crippen LogP contribution in [0.3, 0.4) is 0 Å². The largest absolute Gasteiger partial charge is 0.453 e. The third-order valence-corrected chi connectivity index (χ3v) is 11.3. The lowest BCUT2D eigenvalue weighted by Crippen LogP contribution is -2.72. The lowest BCUT2D eigenvalue weighted by molar-refractivity contribution is -0.213. The van der Waals surface area contributed by atoms with Gasteiger partial charge in [0.2, 0.25) is 0 Å². The van der Waals surface area contributed by atoms with Gasteiger partial charge in [-0.25, -0.2) is 4.79 Å². The van der Waals surface area contributed by atoms with Crippen LogP contribution < -0.4 is 0 Å². The second kappa shape index (κ2) is 6.22. The van der Waals surface area contributed by atoms with Crippen LogP contribution in [0.15, 0.2) is 0 Å². The van der Waals surface area contributed by atoms with Gasteiger partial charge >= 0.3 is 11.9 Å². The van der Waals surface area contributed by atoms with E-state index < -0.39 is 27.0 Å². The number of ether oxygens (including phenoxy) is 1. The average molecular weight is 411 g/mol. The molecule has 0 aromatic heterocycles. The molecule has 26 heavy (non-hydrogen) atoms. The molecular formula is C18H28F2O4S2. The maximum atomic E-state index is 13.5. The molecule has 3 saturated carbocycles. The van der Waals surface area contributed by atoms with E-state index >= 15 is 0 Å². The van der Waals surface area contributed by atoms with Gasteiger partial charge in [0.05, 0.1) is 13.2 Å². The summed E-state index contributed by atoms with van der Waals surface area (Å²) in [5, 5.41) is 19.4. The number of hydrogen-bond acceptors (Lipinski definition) is 6. The lowest BCUT2D eigenvalue weighted by atomic mass is 9.45. The predicted octanol–water partition coefficient (Wildman–Crippen LogP) is 3.16. The van der Waals surface area contributed by atoms with Crippen LogP contribution in [0.25, 0.3) is 0 Å². The van der Waals surface area contributed by atoms with E-state index in [1.807, 2.05) is 0 Å². The van der Waals surface area contributed by atoms with Gasteiger partial charge in [-0.05, 0) is 37.0 Å². The summed E-state index contributed by atoms with van der Waals surface area (Å²) in [6, 6.07) is 0. The Morgan fingerprint density at radius 1 is 1.19 bits per heavy atom. The number of aliphatic hydroxyl groups excluding tert-OH is 2. The maximum absolute atomic E-state index is 13.5. The molecule has 3 unspecified atom stereocenters. The fourth-order valence-corrected chi connectivity index (χ4v) is 9.23. The van der Waals surface area contributed by atoms with Crippen LogP contribution in [0.4, 0.5) is 8.78 Å². The molecule has 1 spiro atoms. The predicted molar refractivity (Wildman–Crippen MR) is 99.4 cm³/mol. The van der Waals surface area contributed by atoms with Crippen LogP contribution in [0.5, 0.6) is 0 Å². The monoisotopic (exact) mass is 410 g/mol. The van der Waals surface area contributed by atoms with E-state index in [4.69, 9.17) is 4.74 Å². The normalized spacial score (nSPS) is 37.1. The van der Waals surface area contributed by atoms with Crippen LogP contribution in [-0.4, -0.2) is 56.5 Å². The minimum absolute atomic E-state index is 0.0546. The van der Waals surface area contributed by atoms with Crippen LogP contribution in [0.1, 0.15) is 40.5 Å². The first-order chi connectivity index (χ1) is 11.9. The van der Waals surface area contributed by atoms with E-state index in [1.54, 1.807) is 30.4 Å². The van der Waals surface area contributed by atoms with Crippen LogP contribution in [-0.2, 0) is 9.53 Å². The molecule has 3 aliphatic carbocycles. The highest BCUT2D eigenvalue weighted by Crippen LogP contribution is 2.75. The smallest absolute Gasteiger partial charge is 0.377 e. The summed E-state index contributed by atoms with van der Waals surface area (Å²) in [5.74, 6) is -3.40. The molecule has 1 heterocycles. The van der Waals surface area contributed by atoms with Crippen molar-refractivity contribution in [1.82, 2.24) is 0 Å². The minimum Gasteiger partial charge on any atom is -0.453 e. The van der Waals surface area contributed by atoms with Gasteiger partial charge < -0.3 is 14.9 Å². The number of thioether (sulfide) groups is 2. The first-order valence-corrected chi connectivity index (χ1v) is 10.9. The van der Waals surface area contributed by atoms with Crippen molar-refractivity contribution in [3.8, 4) is 0 Å². The zero-order valence-corrected chi connectivity index (χ0v) is 17.3. The van der Waals surface area contributed by atoms with Crippen molar-refractivity contribution in [2.45, 2.75) is 56.1 Å². The lowest BCUT2D eigenvalue weighted by Gasteiger charge is -2.71. The molecule has 3 atom stereocenters. The third kappa shape index (κ3) is 2.81. The van der Waals surface area contributed by atoms with Gasteiger partial charge in [-0.2, -0.15) is 8.78 Å². The van der Waals surface area contributed by atoms with E-state index in [0.717, 1.165) is 6.42 Å². The molecular weight excluding hydrogens is 382 g/mol. The van der Waals surface area contributed by atoms with Crippen LogP contribution >= 0.6 is 23.5 Å². The van der Waals surface area contributed by atoms with Gasteiger partial charge in [0, 0.05) is 23.8 Å². The van der Waals surface area contributed by atoms with Gasteiger partial charge in [-0.15, -0.1) is 23.5 Å². The quantitative estimate of drug-likeness (QED) is 0.694. The summed E-state index contributed by atoms with van der Waals surface area (Å²) in [6.45, 7) is 6.51. The summed E-state index contributed by atoms with van der Waals surface area (Å²) >= 11 is 3.14. The van der Waals surface area contributed by atoms with Crippen molar-refractivity contribution in [2.75, 3.05) is 24.7 Å². The molecule has 1 aliphatic heterocycles. The van der Waals surface area contributed by atoms with Gasteiger partial charge in [0.1, 0.15) is 9.68 Å². The number of fused-ring (bicyclic) bond motifs is 1. The minimum atomic E-state index is -3.52. The van der Waals surface area contributed by atoms with Crippen molar-refractivity contribution in [3.63, 3.8) is 0 Å². The zero-order valence-electron chi connectivity index (χ0n) is 15.7. The van der Waals surface area contributed by atoms with Crippen LogP contribution in [0, 0.1) is 22.7 Å². The number of halogens is 2. The highest BCUT2D eigenvalue weighted by atomic mass is 32.2. The van der Waals surface area contributed by atoms with E-state index in [2.05, 4.69) is 13.8 Å². The molecule has 0 radical (unpaired) electrons. The van der Waals surface area contributed by atoms with Crippen molar-refractivity contribution in [3.05, 3.63) is 0 Å². The fraction of sp³-hybridized carbons (Fsp3) is 0.944. The maximum Gasteiger partial charge on any atom is 0.377 e. The fourth-order valence-electron chi connectivity index (χ4n) is 4.74. The Morgan fingerprint density at radius 3 is 2.15 bits per heavy atom. The molecule has 4 nitrogen and oxygen atoms in total. The zero-order chi connectivity index (χ0) is 19.6. The van der Waals surface area contributed by atoms with Crippen LogP contribution in [0.2, 0.25) is 0 Å². The number of rotatable bonds is 4. The summed E-state index contributed by atoms with van der Waals surface area (Å²) in [7, 11) is 0. The molecule has 0 aromatic carbocycles. The SMILES string of the molecule is CC(F)(F)C(=O)OC1(C)CC2CC(C2(C)C)C12SCC(CO)(CO)CS2. The highest BCUT2D eigenvalue weighted by Gasteiger charge is 2.73. The van der Waals surface area contributed by atoms with Gasteiger partial charge in [-0.3, -0.25) is 0 Å². The summed E-state index contributed by atoms with van der Waals surface area (Å²) in [5.41, 5.74) is -1.54. The molecule has 4 fully saturated rings. The van der Waals surface area contributed by atoms with Crippen molar-refractivity contribution in [2.24, 2.45) is 22.7 Å². The molecule has 0 aromatic rings. The first-order valence-electron chi connectivity index (χ1n) is 8.97. The Hall–Kier alpha value is -0.0500. The second-order valence-corrected chi connectivity index (χ2v) is 11.8. The van der Waals surface area contributed by atoms with E-state index in [0.29, 0.717) is 30.8 Å². The number of esters is 1. The summed E-state index contributed by atoms with van der Waals surface area (Å²) < 4.78 is 32.0. The third-order valence-electron chi connectivity index (χ3n) is 6.84. The first kappa shape index (κ1) is 20.7. The number of hydrogen-bond donors (Lipinski definition) is 2. The van der Waals surface area contributed by atoms with Gasteiger partial charge in [-0.1, -0.05) is 13.8 Å².